The van der Waals surface area contributed by atoms with Gasteiger partial charge in [-0.05, 0) is 37.1 Å². The van der Waals surface area contributed by atoms with Crippen molar-refractivity contribution in [2.75, 3.05) is 11.9 Å². The molecule has 0 atom stereocenters. The molecule has 0 spiro atoms. The van der Waals surface area contributed by atoms with E-state index in [1.54, 1.807) is 6.20 Å². The molecule has 3 rings (SSSR count). The first-order valence-electron chi connectivity index (χ1n) is 8.15. The van der Waals surface area contributed by atoms with Crippen LogP contribution in [0, 0.1) is 5.92 Å². The van der Waals surface area contributed by atoms with Crippen molar-refractivity contribution in [2.45, 2.75) is 32.1 Å². The molecule has 5 nitrogen and oxygen atoms in total. The van der Waals surface area contributed by atoms with Crippen molar-refractivity contribution >= 4 is 28.4 Å². The number of hydrogen-bond donors (Lipinski definition) is 2. The molecular weight excluding hydrogens is 290 g/mol. The molecule has 0 bridgehead atoms. The molecule has 2 N–H and O–H groups in total. The van der Waals surface area contributed by atoms with Gasteiger partial charge in [0.15, 0.2) is 0 Å². The molecular formula is C18H21N3O2. The van der Waals surface area contributed by atoms with Gasteiger partial charge >= 0.3 is 0 Å². The molecule has 120 valence electrons. The first-order valence-corrected chi connectivity index (χ1v) is 8.15. The van der Waals surface area contributed by atoms with Crippen molar-refractivity contribution in [1.29, 1.82) is 0 Å². The third kappa shape index (κ3) is 3.86. The van der Waals surface area contributed by atoms with Crippen LogP contribution in [-0.2, 0) is 9.59 Å². The van der Waals surface area contributed by atoms with Gasteiger partial charge in [-0.1, -0.05) is 25.3 Å². The minimum absolute atomic E-state index is 0.000522. The van der Waals surface area contributed by atoms with Crippen LogP contribution in [0.4, 0.5) is 5.69 Å². The Morgan fingerprint density at radius 2 is 1.91 bits per heavy atom. The van der Waals surface area contributed by atoms with Crippen molar-refractivity contribution in [3.63, 3.8) is 0 Å². The lowest BCUT2D eigenvalue weighted by atomic mass is 9.89. The zero-order chi connectivity index (χ0) is 16.1. The van der Waals surface area contributed by atoms with Crippen LogP contribution in [-0.4, -0.2) is 23.3 Å². The number of carbonyl (C=O) groups excluding carboxylic acids is 2. The molecule has 0 unspecified atom stereocenters. The number of hydrogen-bond acceptors (Lipinski definition) is 3. The largest absolute Gasteiger partial charge is 0.347 e. The summed E-state index contributed by atoms with van der Waals surface area (Å²) in [5.74, 6) is -0.150. The number of pyridine rings is 1. The van der Waals surface area contributed by atoms with Gasteiger partial charge in [-0.25, -0.2) is 0 Å². The summed E-state index contributed by atoms with van der Waals surface area (Å²) < 4.78 is 0. The van der Waals surface area contributed by atoms with Crippen LogP contribution >= 0.6 is 0 Å². The second kappa shape index (κ2) is 7.22. The van der Waals surface area contributed by atoms with E-state index in [1.165, 1.54) is 6.42 Å². The number of amides is 2. The van der Waals surface area contributed by atoms with E-state index in [0.29, 0.717) is 5.69 Å². The summed E-state index contributed by atoms with van der Waals surface area (Å²) >= 11 is 0. The summed E-state index contributed by atoms with van der Waals surface area (Å²) in [5, 5.41) is 6.49. The predicted octanol–water partition coefficient (Wildman–Crippen LogP) is 2.87. The highest BCUT2D eigenvalue weighted by Crippen LogP contribution is 2.23. The minimum atomic E-state index is -0.217. The molecule has 1 aromatic carbocycles. The molecule has 1 aliphatic carbocycles. The predicted molar refractivity (Wildman–Crippen MR) is 90.0 cm³/mol. The Morgan fingerprint density at radius 3 is 2.74 bits per heavy atom. The van der Waals surface area contributed by atoms with Gasteiger partial charge in [-0.3, -0.25) is 14.6 Å². The van der Waals surface area contributed by atoms with Crippen LogP contribution < -0.4 is 10.6 Å². The lowest BCUT2D eigenvalue weighted by molar-refractivity contribution is -0.128. The van der Waals surface area contributed by atoms with Crippen LogP contribution in [0.5, 0.6) is 0 Å². The summed E-state index contributed by atoms with van der Waals surface area (Å²) in [6.45, 7) is 0.00594. The molecule has 5 heteroatoms. The number of rotatable bonds is 4. The molecule has 1 aromatic heterocycles. The Morgan fingerprint density at radius 1 is 1.09 bits per heavy atom. The number of anilines is 1. The van der Waals surface area contributed by atoms with Crippen molar-refractivity contribution < 1.29 is 9.59 Å². The fraction of sp³-hybridized carbons (Fsp3) is 0.389. The number of benzene rings is 1. The van der Waals surface area contributed by atoms with Gasteiger partial charge in [0.1, 0.15) is 0 Å². The maximum absolute atomic E-state index is 12.1. The lowest BCUT2D eigenvalue weighted by Gasteiger charge is -2.20. The standard InChI is InChI=1S/C18H21N3O2/c22-17(12-20-18(23)13-6-2-1-3-7-13)21-16-10-4-9-15-14(16)8-5-11-19-15/h4-5,8-11,13H,1-3,6-7,12H2,(H,20,23)(H,21,22). The summed E-state index contributed by atoms with van der Waals surface area (Å²) in [6, 6.07) is 9.34. The van der Waals surface area contributed by atoms with E-state index < -0.39 is 0 Å². The van der Waals surface area contributed by atoms with Gasteiger partial charge < -0.3 is 10.6 Å². The molecule has 2 amide bonds. The quantitative estimate of drug-likeness (QED) is 0.912. The maximum Gasteiger partial charge on any atom is 0.243 e. The highest BCUT2D eigenvalue weighted by atomic mass is 16.2. The second-order valence-corrected chi connectivity index (χ2v) is 5.98. The van der Waals surface area contributed by atoms with Gasteiger partial charge in [0.05, 0.1) is 17.7 Å². The highest BCUT2D eigenvalue weighted by Gasteiger charge is 2.21. The molecule has 1 aliphatic rings. The summed E-state index contributed by atoms with van der Waals surface area (Å²) in [7, 11) is 0. The van der Waals surface area contributed by atoms with Crippen LogP contribution in [0.2, 0.25) is 0 Å². The topological polar surface area (TPSA) is 71.1 Å². The SMILES string of the molecule is O=C(CNC(=O)C1CCCCC1)Nc1cccc2ncccc12. The van der Waals surface area contributed by atoms with Gasteiger partial charge in [-0.2, -0.15) is 0 Å². The molecule has 2 aromatic rings. The Kier molecular flexibility index (Phi) is 4.86. The lowest BCUT2D eigenvalue weighted by Crippen LogP contribution is -2.37. The van der Waals surface area contributed by atoms with Gasteiger partial charge in [-0.15, -0.1) is 0 Å². The fourth-order valence-corrected chi connectivity index (χ4v) is 3.08. The molecule has 23 heavy (non-hydrogen) atoms. The van der Waals surface area contributed by atoms with Gasteiger partial charge in [0.2, 0.25) is 11.8 Å². The van der Waals surface area contributed by atoms with E-state index in [-0.39, 0.29) is 24.3 Å². The summed E-state index contributed by atoms with van der Waals surface area (Å²) in [6.07, 6.45) is 7.00. The van der Waals surface area contributed by atoms with E-state index >= 15 is 0 Å². The van der Waals surface area contributed by atoms with Crippen molar-refractivity contribution in [3.8, 4) is 0 Å². The molecule has 1 heterocycles. The average Bonchev–Trinajstić information content (AvgIpc) is 2.61. The average molecular weight is 311 g/mol. The van der Waals surface area contributed by atoms with E-state index in [9.17, 15) is 9.59 Å². The van der Waals surface area contributed by atoms with Crippen molar-refractivity contribution in [1.82, 2.24) is 10.3 Å². The van der Waals surface area contributed by atoms with Crippen LogP contribution in [0.1, 0.15) is 32.1 Å². The Hall–Kier alpha value is -2.43. The maximum atomic E-state index is 12.1. The van der Waals surface area contributed by atoms with Gasteiger partial charge in [0.25, 0.3) is 0 Å². The Bertz CT molecular complexity index is 703. The molecule has 0 radical (unpaired) electrons. The van der Waals surface area contributed by atoms with E-state index in [1.807, 2.05) is 30.3 Å². The first-order chi connectivity index (χ1) is 11.2. The number of nitrogens with zero attached hydrogens (tertiary/aromatic N) is 1. The van der Waals surface area contributed by atoms with E-state index in [4.69, 9.17) is 0 Å². The smallest absolute Gasteiger partial charge is 0.243 e. The van der Waals surface area contributed by atoms with Crippen LogP contribution in [0.25, 0.3) is 10.9 Å². The van der Waals surface area contributed by atoms with E-state index in [0.717, 1.165) is 36.6 Å². The summed E-state index contributed by atoms with van der Waals surface area (Å²) in [5.41, 5.74) is 1.55. The molecule has 1 fully saturated rings. The Labute approximate surface area is 135 Å². The normalized spacial score (nSPS) is 15.3. The summed E-state index contributed by atoms with van der Waals surface area (Å²) in [4.78, 5) is 28.4. The second-order valence-electron chi connectivity index (χ2n) is 5.98. The van der Waals surface area contributed by atoms with Crippen LogP contribution in [0.15, 0.2) is 36.5 Å². The van der Waals surface area contributed by atoms with E-state index in [2.05, 4.69) is 15.6 Å². The number of nitrogens with one attached hydrogen (secondary N) is 2. The van der Waals surface area contributed by atoms with Gasteiger partial charge in [0, 0.05) is 17.5 Å². The Balaban J connectivity index is 1.57. The number of fused-ring (bicyclic) bond motifs is 1. The zero-order valence-electron chi connectivity index (χ0n) is 13.0. The fourth-order valence-electron chi connectivity index (χ4n) is 3.08. The minimum Gasteiger partial charge on any atom is -0.347 e. The number of carbonyl (C=O) groups is 2. The zero-order valence-corrected chi connectivity index (χ0v) is 13.0. The first kappa shape index (κ1) is 15.5. The van der Waals surface area contributed by atoms with Crippen molar-refractivity contribution in [3.05, 3.63) is 36.5 Å². The molecule has 0 saturated heterocycles. The molecule has 1 saturated carbocycles. The van der Waals surface area contributed by atoms with Crippen molar-refractivity contribution in [2.24, 2.45) is 5.92 Å². The number of aromatic nitrogens is 1. The third-order valence-corrected chi connectivity index (χ3v) is 4.32. The third-order valence-electron chi connectivity index (χ3n) is 4.32. The van der Waals surface area contributed by atoms with Crippen LogP contribution in [0.3, 0.4) is 0 Å². The molecule has 0 aliphatic heterocycles. The monoisotopic (exact) mass is 311 g/mol. The highest BCUT2D eigenvalue weighted by molar-refractivity contribution is 6.02.